The van der Waals surface area contributed by atoms with Crippen LogP contribution in [0.15, 0.2) is 18.2 Å². The number of ether oxygens (including phenoxy) is 1. The Labute approximate surface area is 126 Å². The highest BCUT2D eigenvalue weighted by molar-refractivity contribution is 5.69. The number of hydrogen-bond acceptors (Lipinski definition) is 4. The monoisotopic (exact) mass is 294 g/mol. The third kappa shape index (κ3) is 5.63. The first-order chi connectivity index (χ1) is 9.97. The van der Waals surface area contributed by atoms with Crippen molar-refractivity contribution in [3.63, 3.8) is 0 Å². The predicted octanol–water partition coefficient (Wildman–Crippen LogP) is 2.49. The zero-order valence-electron chi connectivity index (χ0n) is 13.3. The van der Waals surface area contributed by atoms with Crippen LogP contribution in [0, 0.1) is 0 Å². The van der Waals surface area contributed by atoms with E-state index in [0.29, 0.717) is 6.54 Å². The number of aliphatic carboxylic acids is 1. The van der Waals surface area contributed by atoms with E-state index in [1.54, 1.807) is 0 Å². The number of carboxylic acids is 1. The summed E-state index contributed by atoms with van der Waals surface area (Å²) in [5.74, 6) is -0.00302. The summed E-state index contributed by atoms with van der Waals surface area (Å²) in [4.78, 5) is 12.8. The molecule has 5 nitrogen and oxygen atoms in total. The average Bonchev–Trinajstić information content (AvgIpc) is 2.41. The summed E-state index contributed by atoms with van der Waals surface area (Å²) in [6.45, 7) is 10.5. The van der Waals surface area contributed by atoms with Crippen LogP contribution in [0.2, 0.25) is 0 Å². The Balaban J connectivity index is 2.92. The van der Waals surface area contributed by atoms with Gasteiger partial charge in [0.1, 0.15) is 5.75 Å². The largest absolute Gasteiger partial charge is 0.489 e. The molecule has 0 aliphatic carbocycles. The van der Waals surface area contributed by atoms with E-state index < -0.39 is 5.97 Å². The van der Waals surface area contributed by atoms with Gasteiger partial charge in [-0.3, -0.25) is 4.79 Å². The van der Waals surface area contributed by atoms with Gasteiger partial charge in [0, 0.05) is 19.6 Å². The van der Waals surface area contributed by atoms with Gasteiger partial charge in [0.2, 0.25) is 0 Å². The van der Waals surface area contributed by atoms with Gasteiger partial charge in [0.05, 0.1) is 18.3 Å². The van der Waals surface area contributed by atoms with Crippen LogP contribution in [0.4, 0.5) is 5.69 Å². The van der Waals surface area contributed by atoms with Crippen LogP contribution in [-0.4, -0.2) is 36.8 Å². The molecule has 0 unspecified atom stereocenters. The molecule has 0 spiro atoms. The van der Waals surface area contributed by atoms with Crippen molar-refractivity contribution in [1.29, 1.82) is 0 Å². The van der Waals surface area contributed by atoms with E-state index >= 15 is 0 Å². The average molecular weight is 294 g/mol. The number of carboxylic acid groups (broad SMARTS) is 1. The summed E-state index contributed by atoms with van der Waals surface area (Å²) in [5, 5.41) is 11.5. The van der Waals surface area contributed by atoms with Crippen LogP contribution < -0.4 is 15.0 Å². The fraction of sp³-hybridized carbons (Fsp3) is 0.562. The SMILES string of the molecule is CCN(CC)c1ccc(CNCC(=O)O)cc1OC(C)C. The lowest BCUT2D eigenvalue weighted by molar-refractivity contribution is -0.135. The van der Waals surface area contributed by atoms with Crippen molar-refractivity contribution in [2.75, 3.05) is 24.5 Å². The van der Waals surface area contributed by atoms with Crippen LogP contribution in [0.1, 0.15) is 33.3 Å². The molecule has 1 rings (SSSR count). The molecule has 0 amide bonds. The number of anilines is 1. The van der Waals surface area contributed by atoms with Gasteiger partial charge in [-0.2, -0.15) is 0 Å². The summed E-state index contributed by atoms with van der Waals surface area (Å²) in [5.41, 5.74) is 2.10. The van der Waals surface area contributed by atoms with Crippen molar-refractivity contribution < 1.29 is 14.6 Å². The van der Waals surface area contributed by atoms with Crippen molar-refractivity contribution in [2.45, 2.75) is 40.3 Å². The van der Waals surface area contributed by atoms with E-state index in [-0.39, 0.29) is 12.6 Å². The molecule has 0 aliphatic rings. The Hall–Kier alpha value is -1.75. The van der Waals surface area contributed by atoms with Crippen LogP contribution in [0.5, 0.6) is 5.75 Å². The van der Waals surface area contributed by atoms with Gasteiger partial charge in [-0.15, -0.1) is 0 Å². The Morgan fingerprint density at radius 3 is 2.52 bits per heavy atom. The van der Waals surface area contributed by atoms with Crippen LogP contribution >= 0.6 is 0 Å². The lowest BCUT2D eigenvalue weighted by atomic mass is 10.1. The second-order valence-corrected chi connectivity index (χ2v) is 5.14. The molecular formula is C16H26N2O3. The third-order valence-corrected chi connectivity index (χ3v) is 3.10. The molecule has 2 N–H and O–H groups in total. The summed E-state index contributed by atoms with van der Waals surface area (Å²) >= 11 is 0. The smallest absolute Gasteiger partial charge is 0.317 e. The highest BCUT2D eigenvalue weighted by atomic mass is 16.5. The quantitative estimate of drug-likeness (QED) is 0.732. The number of benzene rings is 1. The Morgan fingerprint density at radius 2 is 2.00 bits per heavy atom. The van der Waals surface area contributed by atoms with Crippen molar-refractivity contribution in [3.05, 3.63) is 23.8 Å². The van der Waals surface area contributed by atoms with Gasteiger partial charge in [-0.25, -0.2) is 0 Å². The first kappa shape index (κ1) is 17.3. The van der Waals surface area contributed by atoms with Gasteiger partial charge in [0.15, 0.2) is 0 Å². The zero-order valence-corrected chi connectivity index (χ0v) is 13.3. The number of carbonyl (C=O) groups is 1. The molecule has 0 aromatic heterocycles. The summed E-state index contributed by atoms with van der Waals surface area (Å²) in [6, 6.07) is 6.04. The van der Waals surface area contributed by atoms with Gasteiger partial charge in [0.25, 0.3) is 0 Å². The Morgan fingerprint density at radius 1 is 1.33 bits per heavy atom. The highest BCUT2D eigenvalue weighted by Crippen LogP contribution is 2.30. The number of rotatable bonds is 9. The Kier molecular flexibility index (Phi) is 7.02. The van der Waals surface area contributed by atoms with Crippen LogP contribution in [-0.2, 0) is 11.3 Å². The number of nitrogens with zero attached hydrogens (tertiary/aromatic N) is 1. The van der Waals surface area contributed by atoms with Gasteiger partial charge in [-0.1, -0.05) is 6.07 Å². The molecule has 1 aromatic rings. The maximum absolute atomic E-state index is 10.5. The molecule has 0 atom stereocenters. The summed E-state index contributed by atoms with van der Waals surface area (Å²) < 4.78 is 5.91. The maximum Gasteiger partial charge on any atom is 0.317 e. The molecule has 0 saturated heterocycles. The van der Waals surface area contributed by atoms with E-state index in [1.807, 2.05) is 32.0 Å². The number of nitrogens with one attached hydrogen (secondary N) is 1. The van der Waals surface area contributed by atoms with E-state index in [2.05, 4.69) is 24.1 Å². The zero-order chi connectivity index (χ0) is 15.8. The van der Waals surface area contributed by atoms with E-state index in [1.165, 1.54) is 0 Å². The molecule has 0 fully saturated rings. The van der Waals surface area contributed by atoms with Crippen molar-refractivity contribution in [3.8, 4) is 5.75 Å². The van der Waals surface area contributed by atoms with E-state index in [4.69, 9.17) is 9.84 Å². The minimum atomic E-state index is -0.853. The lowest BCUT2D eigenvalue weighted by Crippen LogP contribution is -2.24. The highest BCUT2D eigenvalue weighted by Gasteiger charge is 2.12. The molecule has 1 aromatic carbocycles. The molecule has 21 heavy (non-hydrogen) atoms. The topological polar surface area (TPSA) is 61.8 Å². The van der Waals surface area contributed by atoms with Crippen molar-refractivity contribution >= 4 is 11.7 Å². The van der Waals surface area contributed by atoms with Gasteiger partial charge < -0.3 is 20.1 Å². The molecule has 118 valence electrons. The first-order valence-electron chi connectivity index (χ1n) is 7.44. The second kappa shape index (κ2) is 8.52. The minimum Gasteiger partial charge on any atom is -0.489 e. The van der Waals surface area contributed by atoms with Gasteiger partial charge >= 0.3 is 5.97 Å². The molecule has 0 aliphatic heterocycles. The van der Waals surface area contributed by atoms with Crippen molar-refractivity contribution in [2.24, 2.45) is 0 Å². The van der Waals surface area contributed by atoms with E-state index in [9.17, 15) is 4.79 Å². The molecular weight excluding hydrogens is 268 g/mol. The third-order valence-electron chi connectivity index (χ3n) is 3.10. The van der Waals surface area contributed by atoms with Crippen LogP contribution in [0.25, 0.3) is 0 Å². The standard InChI is InChI=1S/C16H26N2O3/c1-5-18(6-2)14-8-7-13(10-17-11-16(19)20)9-15(14)21-12(3)4/h7-9,12,17H,5-6,10-11H2,1-4H3,(H,19,20). The molecule has 0 saturated carbocycles. The van der Waals surface area contributed by atoms with E-state index in [0.717, 1.165) is 30.1 Å². The van der Waals surface area contributed by atoms with Gasteiger partial charge in [-0.05, 0) is 45.4 Å². The molecule has 0 bridgehead atoms. The molecule has 0 heterocycles. The fourth-order valence-corrected chi connectivity index (χ4v) is 2.16. The van der Waals surface area contributed by atoms with Crippen molar-refractivity contribution in [1.82, 2.24) is 5.32 Å². The lowest BCUT2D eigenvalue weighted by Gasteiger charge is -2.25. The summed E-state index contributed by atoms with van der Waals surface area (Å²) in [7, 11) is 0. The predicted molar refractivity (Wildman–Crippen MR) is 85.1 cm³/mol. The fourth-order valence-electron chi connectivity index (χ4n) is 2.16. The second-order valence-electron chi connectivity index (χ2n) is 5.14. The van der Waals surface area contributed by atoms with Crippen LogP contribution in [0.3, 0.4) is 0 Å². The minimum absolute atomic E-state index is 0.0435. The normalized spacial score (nSPS) is 10.7. The first-order valence-corrected chi connectivity index (χ1v) is 7.44. The molecule has 5 heteroatoms. The number of hydrogen-bond donors (Lipinski definition) is 2. The maximum atomic E-state index is 10.5. The Bertz CT molecular complexity index is 457. The summed E-state index contributed by atoms with van der Waals surface area (Å²) in [6.07, 6.45) is 0.0986. The molecule has 0 radical (unpaired) electrons.